The van der Waals surface area contributed by atoms with Crippen LogP contribution in [0, 0.1) is 23.7 Å². The zero-order valence-corrected chi connectivity index (χ0v) is 21.4. The average molecular weight is 559 g/mol. The van der Waals surface area contributed by atoms with E-state index in [0.29, 0.717) is 12.8 Å². The van der Waals surface area contributed by atoms with Crippen LogP contribution in [-0.4, -0.2) is 139 Å². The van der Waals surface area contributed by atoms with Gasteiger partial charge in [-0.25, -0.2) is 0 Å². The molecular formula is C26H38O13. The summed E-state index contributed by atoms with van der Waals surface area (Å²) in [5, 5.41) is 90.1. The van der Waals surface area contributed by atoms with Crippen LogP contribution in [0.3, 0.4) is 0 Å². The monoisotopic (exact) mass is 558 g/mol. The van der Waals surface area contributed by atoms with Crippen molar-refractivity contribution in [3.63, 3.8) is 0 Å². The van der Waals surface area contributed by atoms with Gasteiger partial charge in [-0.3, -0.25) is 0 Å². The van der Waals surface area contributed by atoms with Gasteiger partial charge < -0.3 is 64.9 Å². The summed E-state index contributed by atoms with van der Waals surface area (Å²) in [6.07, 6.45) is -11.2. The number of rotatable bonds is 11. The van der Waals surface area contributed by atoms with Crippen LogP contribution in [0.4, 0.5) is 0 Å². The summed E-state index contributed by atoms with van der Waals surface area (Å²) in [6, 6.07) is 0. The average Bonchev–Trinajstić information content (AvgIpc) is 2.93. The van der Waals surface area contributed by atoms with Gasteiger partial charge in [0.25, 0.3) is 0 Å². The minimum absolute atomic E-state index is 0.0522. The fourth-order valence-corrected chi connectivity index (χ4v) is 3.73. The maximum Gasteiger partial charge on any atom is 0.187 e. The number of ether oxygens (including phenoxy) is 4. The van der Waals surface area contributed by atoms with Crippen LogP contribution < -0.4 is 0 Å². The first-order valence-electron chi connectivity index (χ1n) is 12.5. The molecule has 39 heavy (non-hydrogen) atoms. The van der Waals surface area contributed by atoms with Crippen LogP contribution in [0.5, 0.6) is 0 Å². The summed E-state index contributed by atoms with van der Waals surface area (Å²) >= 11 is 0. The molecule has 13 heteroatoms. The topological polar surface area (TPSA) is 219 Å². The second-order valence-electron chi connectivity index (χ2n) is 8.92. The van der Waals surface area contributed by atoms with E-state index in [1.807, 2.05) is 0 Å². The van der Waals surface area contributed by atoms with Gasteiger partial charge in [0.15, 0.2) is 12.6 Å². The van der Waals surface area contributed by atoms with E-state index in [-0.39, 0.29) is 6.61 Å². The molecule has 12 atom stereocenters. The molecule has 0 aromatic heterocycles. The lowest BCUT2D eigenvalue weighted by atomic mass is 9.98. The molecule has 0 amide bonds. The number of unbranched alkanes of at least 4 members (excludes halogenated alkanes) is 1. The highest BCUT2D eigenvalue weighted by Gasteiger charge is 2.48. The van der Waals surface area contributed by atoms with Gasteiger partial charge >= 0.3 is 0 Å². The van der Waals surface area contributed by atoms with E-state index in [1.165, 1.54) is 6.08 Å². The molecule has 220 valence electrons. The third-order valence-electron chi connectivity index (χ3n) is 6.00. The van der Waals surface area contributed by atoms with Crippen molar-refractivity contribution in [1.29, 1.82) is 0 Å². The predicted octanol–water partition coefficient (Wildman–Crippen LogP) is -3.73. The van der Waals surface area contributed by atoms with Crippen molar-refractivity contribution in [3.05, 3.63) is 24.3 Å². The molecule has 2 aliphatic heterocycles. The smallest absolute Gasteiger partial charge is 0.187 e. The molecule has 2 fully saturated rings. The molecule has 0 aliphatic carbocycles. The van der Waals surface area contributed by atoms with Crippen LogP contribution in [0.25, 0.3) is 0 Å². The van der Waals surface area contributed by atoms with Gasteiger partial charge in [-0.1, -0.05) is 30.1 Å². The van der Waals surface area contributed by atoms with Crippen LogP contribution in [0.1, 0.15) is 19.8 Å². The van der Waals surface area contributed by atoms with Crippen LogP contribution in [0.2, 0.25) is 0 Å². The molecule has 0 bridgehead atoms. The van der Waals surface area contributed by atoms with Gasteiger partial charge in [0.05, 0.1) is 13.2 Å². The van der Waals surface area contributed by atoms with Gasteiger partial charge in [0, 0.05) is 6.61 Å². The van der Waals surface area contributed by atoms with E-state index in [4.69, 9.17) is 24.1 Å². The van der Waals surface area contributed by atoms with E-state index in [2.05, 4.69) is 23.7 Å². The first kappa shape index (κ1) is 33.3. The molecule has 9 N–H and O–H groups in total. The number of aliphatic hydroxyl groups excluding tert-OH is 9. The van der Waals surface area contributed by atoms with Crippen LogP contribution >= 0.6 is 0 Å². The molecule has 0 aromatic rings. The minimum Gasteiger partial charge on any atom is -0.396 e. The summed E-state index contributed by atoms with van der Waals surface area (Å²) in [5.41, 5.74) is 0. The van der Waals surface area contributed by atoms with E-state index < -0.39 is 86.8 Å². The number of aliphatic hydroxyl groups is 9. The molecule has 2 heterocycles. The fraction of sp³-hybridized carbons (Fsp3) is 0.692. The Labute approximate surface area is 226 Å². The molecule has 0 aromatic carbocycles. The lowest BCUT2D eigenvalue weighted by molar-refractivity contribution is -0.335. The Balaban J connectivity index is 2.13. The molecule has 2 aliphatic rings. The van der Waals surface area contributed by atoms with Crippen molar-refractivity contribution >= 4 is 0 Å². The third-order valence-corrected chi connectivity index (χ3v) is 6.00. The van der Waals surface area contributed by atoms with Gasteiger partial charge in [0.2, 0.25) is 0 Å². The van der Waals surface area contributed by atoms with Crippen molar-refractivity contribution in [1.82, 2.24) is 0 Å². The molecule has 0 saturated carbocycles. The fourth-order valence-electron chi connectivity index (χ4n) is 3.73. The molecule has 2 unspecified atom stereocenters. The van der Waals surface area contributed by atoms with Gasteiger partial charge in [-0.05, 0) is 37.7 Å². The Kier molecular flexibility index (Phi) is 14.5. The molecule has 2 rings (SSSR count). The zero-order valence-electron chi connectivity index (χ0n) is 21.4. The Morgan fingerprint density at radius 3 is 2.13 bits per heavy atom. The molecule has 13 nitrogen and oxygen atoms in total. The summed E-state index contributed by atoms with van der Waals surface area (Å²) in [6.45, 7) is 0.519. The zero-order chi connectivity index (χ0) is 28.9. The normalized spacial score (nSPS) is 36.7. The largest absolute Gasteiger partial charge is 0.396 e. The quantitative estimate of drug-likeness (QED) is 0.0677. The Morgan fingerprint density at radius 1 is 0.846 bits per heavy atom. The van der Waals surface area contributed by atoms with Crippen molar-refractivity contribution in [3.8, 4) is 23.7 Å². The standard InChI is InChI=1S/C26H38O13/c1-2-3-4-5-7-10-15(29)16(11-8-6-9-12-27)37-26-24(35)22(33)20(31)18(39-26)14-36-25-23(34)21(32)19(30)17(13-28)38-25/h2-3,8,11,15-35H,6,9,12-14H2,1H3/b3-2+,11-8+/t15?,16?,17-,18-,19-,20-,21+,22+,23-,24-,25-,26-/m1/s1. The van der Waals surface area contributed by atoms with Gasteiger partial charge in [0.1, 0.15) is 61.0 Å². The lowest BCUT2D eigenvalue weighted by Crippen LogP contribution is -2.62. The van der Waals surface area contributed by atoms with E-state index in [0.717, 1.165) is 0 Å². The predicted molar refractivity (Wildman–Crippen MR) is 133 cm³/mol. The summed E-state index contributed by atoms with van der Waals surface area (Å²) < 4.78 is 22.0. The Bertz CT molecular complexity index is 901. The highest BCUT2D eigenvalue weighted by Crippen LogP contribution is 2.27. The lowest BCUT2D eigenvalue weighted by Gasteiger charge is -2.43. The second kappa shape index (κ2) is 17.0. The second-order valence-corrected chi connectivity index (χ2v) is 8.92. The van der Waals surface area contributed by atoms with Gasteiger partial charge in [-0.15, -0.1) is 0 Å². The van der Waals surface area contributed by atoms with E-state index in [1.54, 1.807) is 25.2 Å². The summed E-state index contributed by atoms with van der Waals surface area (Å²) in [5.74, 6) is 10.1. The van der Waals surface area contributed by atoms with E-state index >= 15 is 0 Å². The highest BCUT2D eigenvalue weighted by molar-refractivity contribution is 5.32. The number of hydrogen-bond acceptors (Lipinski definition) is 13. The SMILES string of the molecule is C/C=C/C#CC#CC(O)C(/C=C/CCCO)O[C@@H]1O[C@H](CO[C@@H]2O[C@H](CO)[C@@H](O)[C@H](O)[C@H]2O)[C@@H](O)[C@H](O)[C@H]1O. The van der Waals surface area contributed by atoms with Crippen molar-refractivity contribution in [2.45, 2.75) is 93.4 Å². The van der Waals surface area contributed by atoms with Crippen molar-refractivity contribution in [2.75, 3.05) is 19.8 Å². The minimum atomic E-state index is -1.76. The highest BCUT2D eigenvalue weighted by atomic mass is 16.7. The van der Waals surface area contributed by atoms with Crippen molar-refractivity contribution < 1.29 is 64.9 Å². The molecule has 2 saturated heterocycles. The molecular weight excluding hydrogens is 520 g/mol. The molecule has 0 radical (unpaired) electrons. The maximum absolute atomic E-state index is 10.6. The van der Waals surface area contributed by atoms with Crippen molar-refractivity contribution in [2.24, 2.45) is 0 Å². The molecule has 0 spiro atoms. The summed E-state index contributed by atoms with van der Waals surface area (Å²) in [4.78, 5) is 0. The number of hydrogen-bond donors (Lipinski definition) is 9. The number of allylic oxidation sites excluding steroid dienone is 3. The van der Waals surface area contributed by atoms with E-state index in [9.17, 15) is 40.9 Å². The summed E-state index contributed by atoms with van der Waals surface area (Å²) in [7, 11) is 0. The van der Waals surface area contributed by atoms with Crippen LogP contribution in [0.15, 0.2) is 24.3 Å². The first-order chi connectivity index (χ1) is 18.7. The van der Waals surface area contributed by atoms with Crippen LogP contribution in [-0.2, 0) is 18.9 Å². The third kappa shape index (κ3) is 9.60. The first-order valence-corrected chi connectivity index (χ1v) is 12.5. The maximum atomic E-state index is 10.6. The Hall–Kier alpha value is -1.92. The van der Waals surface area contributed by atoms with Gasteiger partial charge in [-0.2, -0.15) is 0 Å². The Morgan fingerprint density at radius 2 is 1.49 bits per heavy atom.